The Morgan fingerprint density at radius 1 is 1.20 bits per heavy atom. The van der Waals surface area contributed by atoms with Gasteiger partial charge in [-0.25, -0.2) is 5.43 Å². The number of carbonyl (C=O) groups excluding carboxylic acids is 1. The molecule has 126 valence electrons. The zero-order chi connectivity index (χ0) is 17.8. The van der Waals surface area contributed by atoms with Gasteiger partial charge in [-0.1, -0.05) is 46.3 Å². The minimum absolute atomic E-state index is 0.0942. The van der Waals surface area contributed by atoms with E-state index in [0.717, 1.165) is 15.2 Å². The van der Waals surface area contributed by atoms with Crippen molar-refractivity contribution in [1.82, 2.24) is 5.43 Å². The summed E-state index contributed by atoms with van der Waals surface area (Å²) in [6.07, 6.45) is 1.43. The predicted octanol–water partition coefficient (Wildman–Crippen LogP) is 4.08. The monoisotopic (exact) mass is 398 g/mol. The van der Waals surface area contributed by atoms with Crippen LogP contribution in [0, 0.1) is 0 Å². The van der Waals surface area contributed by atoms with Crippen LogP contribution in [0.15, 0.2) is 64.2 Å². The first kappa shape index (κ1) is 17.0. The average molecular weight is 399 g/mol. The van der Waals surface area contributed by atoms with Crippen molar-refractivity contribution in [3.05, 3.63) is 70.2 Å². The zero-order valence-electron chi connectivity index (χ0n) is 13.4. The van der Waals surface area contributed by atoms with Crippen molar-refractivity contribution in [2.24, 2.45) is 5.10 Å². The van der Waals surface area contributed by atoms with Crippen molar-refractivity contribution in [3.8, 4) is 11.5 Å². The third-order valence-electron chi connectivity index (χ3n) is 3.71. The second kappa shape index (κ2) is 7.36. The average Bonchev–Trinajstić information content (AvgIpc) is 2.63. The van der Waals surface area contributed by atoms with Crippen LogP contribution in [0.3, 0.4) is 0 Å². The summed E-state index contributed by atoms with van der Waals surface area (Å²) < 4.78 is 5.95. The molecular weight excluding hydrogens is 384 g/mol. The molecule has 0 aliphatic rings. The highest BCUT2D eigenvalue weighted by Gasteiger charge is 2.12. The summed E-state index contributed by atoms with van der Waals surface area (Å²) >= 11 is 3.33. The number of aromatic hydroxyl groups is 1. The molecular formula is C19H15BrN2O3. The maximum atomic E-state index is 12.3. The Kier molecular flexibility index (Phi) is 5.00. The second-order valence-electron chi connectivity index (χ2n) is 5.26. The van der Waals surface area contributed by atoms with Gasteiger partial charge >= 0.3 is 0 Å². The number of carbonyl (C=O) groups is 1. The smallest absolute Gasteiger partial charge is 0.275 e. The van der Waals surface area contributed by atoms with Gasteiger partial charge in [-0.05, 0) is 35.0 Å². The number of nitrogens with zero attached hydrogens (tertiary/aromatic N) is 1. The molecule has 6 heteroatoms. The first-order valence-electron chi connectivity index (χ1n) is 7.48. The third kappa shape index (κ3) is 3.64. The minimum Gasteiger partial charge on any atom is -0.507 e. The number of ether oxygens (including phenoxy) is 1. The van der Waals surface area contributed by atoms with Crippen molar-refractivity contribution in [2.75, 3.05) is 7.11 Å². The van der Waals surface area contributed by atoms with E-state index in [4.69, 9.17) is 4.74 Å². The number of halogens is 1. The lowest BCUT2D eigenvalue weighted by Crippen LogP contribution is -2.18. The molecule has 3 aromatic carbocycles. The molecule has 2 N–H and O–H groups in total. The molecule has 0 radical (unpaired) electrons. The van der Waals surface area contributed by atoms with E-state index in [1.165, 1.54) is 13.3 Å². The molecule has 3 rings (SSSR count). The molecule has 0 aliphatic carbocycles. The van der Waals surface area contributed by atoms with Crippen LogP contribution >= 0.6 is 15.9 Å². The minimum atomic E-state index is -0.408. The van der Waals surface area contributed by atoms with Crippen molar-refractivity contribution in [2.45, 2.75) is 0 Å². The lowest BCUT2D eigenvalue weighted by atomic mass is 10.0. The standard InChI is InChI=1S/C19H15BrN2O3/c1-25-18-9-7-13(20)10-15(18)19(24)22-21-11-16-14-5-3-2-4-12(14)6-8-17(16)23/h2-11,23H,1H3,(H,22,24)/b21-11+. The summed E-state index contributed by atoms with van der Waals surface area (Å²) in [7, 11) is 1.50. The lowest BCUT2D eigenvalue weighted by molar-refractivity contribution is 0.0952. The number of fused-ring (bicyclic) bond motifs is 1. The summed E-state index contributed by atoms with van der Waals surface area (Å²) in [6, 6.07) is 16.2. The number of amides is 1. The summed E-state index contributed by atoms with van der Waals surface area (Å²) in [5, 5.41) is 15.9. The van der Waals surface area contributed by atoms with Gasteiger partial charge in [0.15, 0.2) is 0 Å². The van der Waals surface area contributed by atoms with E-state index in [1.807, 2.05) is 30.3 Å². The fourth-order valence-electron chi connectivity index (χ4n) is 2.49. The maximum Gasteiger partial charge on any atom is 0.275 e. The van der Waals surface area contributed by atoms with Crippen molar-refractivity contribution in [1.29, 1.82) is 0 Å². The molecule has 25 heavy (non-hydrogen) atoms. The number of rotatable bonds is 4. The van der Waals surface area contributed by atoms with Crippen LogP contribution in [0.5, 0.6) is 11.5 Å². The quantitative estimate of drug-likeness (QED) is 0.513. The number of hydrogen-bond donors (Lipinski definition) is 2. The number of nitrogens with one attached hydrogen (secondary N) is 1. The van der Waals surface area contributed by atoms with Crippen molar-refractivity contribution < 1.29 is 14.6 Å². The molecule has 0 atom stereocenters. The Morgan fingerprint density at radius 2 is 2.00 bits per heavy atom. The summed E-state index contributed by atoms with van der Waals surface area (Å²) in [5.41, 5.74) is 3.36. The number of hydrazone groups is 1. The van der Waals surface area contributed by atoms with Crippen LogP contribution < -0.4 is 10.2 Å². The van der Waals surface area contributed by atoms with Gasteiger partial charge in [-0.3, -0.25) is 4.79 Å². The summed E-state index contributed by atoms with van der Waals surface area (Å²) in [5.74, 6) is 0.134. The Morgan fingerprint density at radius 3 is 2.80 bits per heavy atom. The lowest BCUT2D eigenvalue weighted by Gasteiger charge is -2.08. The molecule has 0 saturated carbocycles. The summed E-state index contributed by atoms with van der Waals surface area (Å²) in [4.78, 5) is 12.3. The highest BCUT2D eigenvalue weighted by Crippen LogP contribution is 2.25. The SMILES string of the molecule is COc1ccc(Br)cc1C(=O)N/N=C/c1c(O)ccc2ccccc12. The normalized spacial score (nSPS) is 11.0. The Balaban J connectivity index is 1.86. The molecule has 0 unspecified atom stereocenters. The molecule has 1 amide bonds. The topological polar surface area (TPSA) is 70.9 Å². The largest absolute Gasteiger partial charge is 0.507 e. The second-order valence-corrected chi connectivity index (χ2v) is 6.18. The molecule has 0 heterocycles. The van der Waals surface area contributed by atoms with E-state index < -0.39 is 5.91 Å². The van der Waals surface area contributed by atoms with Gasteiger partial charge in [0.1, 0.15) is 11.5 Å². The van der Waals surface area contributed by atoms with Crippen LogP contribution in [0.4, 0.5) is 0 Å². The van der Waals surface area contributed by atoms with Gasteiger partial charge in [-0.15, -0.1) is 0 Å². The first-order chi connectivity index (χ1) is 12.1. The van der Waals surface area contributed by atoms with Gasteiger partial charge in [0, 0.05) is 10.0 Å². The number of methoxy groups -OCH3 is 1. The highest BCUT2D eigenvalue weighted by molar-refractivity contribution is 9.10. The zero-order valence-corrected chi connectivity index (χ0v) is 14.9. The number of phenols is 1. The molecule has 0 spiro atoms. The van der Waals surface area contributed by atoms with E-state index in [0.29, 0.717) is 16.9 Å². The summed E-state index contributed by atoms with van der Waals surface area (Å²) in [6.45, 7) is 0. The van der Waals surface area contributed by atoms with E-state index >= 15 is 0 Å². The van der Waals surface area contributed by atoms with Crippen molar-refractivity contribution in [3.63, 3.8) is 0 Å². The fraction of sp³-hybridized carbons (Fsp3) is 0.0526. The van der Waals surface area contributed by atoms with Gasteiger partial charge in [0.05, 0.1) is 18.9 Å². The molecule has 0 bridgehead atoms. The third-order valence-corrected chi connectivity index (χ3v) is 4.21. The van der Waals surface area contributed by atoms with Gasteiger partial charge in [-0.2, -0.15) is 5.10 Å². The van der Waals surface area contributed by atoms with E-state index in [2.05, 4.69) is 26.5 Å². The van der Waals surface area contributed by atoms with Gasteiger partial charge in [0.2, 0.25) is 0 Å². The van der Waals surface area contributed by atoms with E-state index in [9.17, 15) is 9.90 Å². The van der Waals surface area contributed by atoms with Crippen LogP contribution in [-0.2, 0) is 0 Å². The molecule has 0 aromatic heterocycles. The highest BCUT2D eigenvalue weighted by atomic mass is 79.9. The Hall–Kier alpha value is -2.86. The number of phenolic OH excluding ortho intramolecular Hbond substituents is 1. The molecule has 5 nitrogen and oxygen atoms in total. The molecule has 0 fully saturated rings. The Bertz CT molecular complexity index is 970. The van der Waals surface area contributed by atoms with Crippen LogP contribution in [0.2, 0.25) is 0 Å². The van der Waals surface area contributed by atoms with Crippen LogP contribution in [0.1, 0.15) is 15.9 Å². The number of hydrogen-bond acceptors (Lipinski definition) is 4. The van der Waals surface area contributed by atoms with Gasteiger partial charge < -0.3 is 9.84 Å². The number of benzene rings is 3. The predicted molar refractivity (Wildman–Crippen MR) is 101 cm³/mol. The van der Waals surface area contributed by atoms with E-state index in [-0.39, 0.29) is 5.75 Å². The molecule has 0 aliphatic heterocycles. The van der Waals surface area contributed by atoms with Crippen molar-refractivity contribution >= 4 is 38.8 Å². The fourth-order valence-corrected chi connectivity index (χ4v) is 2.85. The van der Waals surface area contributed by atoms with E-state index in [1.54, 1.807) is 24.3 Å². The van der Waals surface area contributed by atoms with Gasteiger partial charge in [0.25, 0.3) is 5.91 Å². The first-order valence-corrected chi connectivity index (χ1v) is 8.27. The molecule has 0 saturated heterocycles. The van der Waals surface area contributed by atoms with Crippen LogP contribution in [-0.4, -0.2) is 24.3 Å². The Labute approximate surface area is 153 Å². The maximum absolute atomic E-state index is 12.3. The van der Waals surface area contributed by atoms with Crippen LogP contribution in [0.25, 0.3) is 10.8 Å². The molecule has 3 aromatic rings.